The smallest absolute Gasteiger partial charge is 0.326 e. The van der Waals surface area contributed by atoms with Crippen LogP contribution in [-0.2, 0) is 4.79 Å². The van der Waals surface area contributed by atoms with E-state index in [-0.39, 0.29) is 5.91 Å². The number of amides is 1. The topological polar surface area (TPSA) is 79.3 Å². The predicted molar refractivity (Wildman–Crippen MR) is 80.2 cm³/mol. The quantitative estimate of drug-likeness (QED) is 0.855. The fourth-order valence-electron chi connectivity index (χ4n) is 2.20. The zero-order chi connectivity index (χ0) is 15.2. The Hall–Kier alpha value is -2.43. The summed E-state index contributed by atoms with van der Waals surface area (Å²) in [5.74, 6) is -1.38. The van der Waals surface area contributed by atoms with Crippen LogP contribution in [0.15, 0.2) is 36.5 Å². The van der Waals surface area contributed by atoms with Crippen LogP contribution in [0.3, 0.4) is 0 Å². The molecule has 0 aliphatic heterocycles. The molecule has 2 N–H and O–H groups in total. The molecular weight excluding hydrogens is 268 g/mol. The van der Waals surface area contributed by atoms with Gasteiger partial charge in [-0.05, 0) is 18.6 Å². The molecule has 2 aromatic rings. The lowest BCUT2D eigenvalue weighted by molar-refractivity contribution is -0.139. The first-order valence-electron chi connectivity index (χ1n) is 7.01. The van der Waals surface area contributed by atoms with Gasteiger partial charge in [-0.3, -0.25) is 9.78 Å². The monoisotopic (exact) mass is 286 g/mol. The fraction of sp³-hybridized carbons (Fsp3) is 0.312. The van der Waals surface area contributed by atoms with Crippen LogP contribution in [-0.4, -0.2) is 28.0 Å². The van der Waals surface area contributed by atoms with Crippen molar-refractivity contribution in [3.63, 3.8) is 0 Å². The molecule has 0 aliphatic carbocycles. The van der Waals surface area contributed by atoms with Crippen LogP contribution in [0.4, 0.5) is 0 Å². The summed E-state index contributed by atoms with van der Waals surface area (Å²) in [7, 11) is 0. The molecule has 0 fully saturated rings. The average molecular weight is 286 g/mol. The number of hydrogen-bond donors (Lipinski definition) is 2. The molecule has 0 radical (unpaired) electrons. The second-order valence-corrected chi connectivity index (χ2v) is 4.88. The molecule has 0 bridgehead atoms. The van der Waals surface area contributed by atoms with Gasteiger partial charge in [-0.1, -0.05) is 38.0 Å². The number of fused-ring (bicyclic) bond motifs is 1. The van der Waals surface area contributed by atoms with Crippen molar-refractivity contribution in [1.82, 2.24) is 10.3 Å². The maximum atomic E-state index is 12.3. The molecule has 2 rings (SSSR count). The minimum absolute atomic E-state index is 0.378. The largest absolute Gasteiger partial charge is 0.480 e. The van der Waals surface area contributed by atoms with Crippen molar-refractivity contribution >= 4 is 22.8 Å². The van der Waals surface area contributed by atoms with Gasteiger partial charge in [-0.2, -0.15) is 0 Å². The van der Waals surface area contributed by atoms with E-state index in [2.05, 4.69) is 10.3 Å². The molecule has 0 saturated carbocycles. The lowest BCUT2D eigenvalue weighted by atomic mass is 10.1. The van der Waals surface area contributed by atoms with E-state index >= 15 is 0 Å². The Morgan fingerprint density at radius 3 is 2.76 bits per heavy atom. The van der Waals surface area contributed by atoms with Crippen LogP contribution in [0, 0.1) is 0 Å². The molecule has 1 heterocycles. The van der Waals surface area contributed by atoms with E-state index in [4.69, 9.17) is 0 Å². The van der Waals surface area contributed by atoms with Crippen molar-refractivity contribution < 1.29 is 14.7 Å². The molecule has 1 amide bonds. The number of pyridine rings is 1. The highest BCUT2D eigenvalue weighted by atomic mass is 16.4. The molecule has 5 nitrogen and oxygen atoms in total. The Labute approximate surface area is 123 Å². The first-order chi connectivity index (χ1) is 10.1. The van der Waals surface area contributed by atoms with Crippen molar-refractivity contribution in [2.45, 2.75) is 32.2 Å². The maximum Gasteiger partial charge on any atom is 0.326 e. The molecule has 1 unspecified atom stereocenters. The normalized spacial score (nSPS) is 12.0. The number of carboxylic acid groups (broad SMARTS) is 1. The summed E-state index contributed by atoms with van der Waals surface area (Å²) in [5.41, 5.74) is 1.16. The van der Waals surface area contributed by atoms with Crippen LogP contribution in [0.5, 0.6) is 0 Å². The number of nitrogens with zero attached hydrogens (tertiary/aromatic N) is 1. The number of nitrogens with one attached hydrogen (secondary N) is 1. The van der Waals surface area contributed by atoms with Gasteiger partial charge in [0, 0.05) is 11.6 Å². The highest BCUT2D eigenvalue weighted by molar-refractivity contribution is 6.06. The number of carbonyl (C=O) groups excluding carboxylic acids is 1. The maximum absolute atomic E-state index is 12.3. The van der Waals surface area contributed by atoms with Crippen molar-refractivity contribution in [2.75, 3.05) is 0 Å². The Bertz CT molecular complexity index is 650. The highest BCUT2D eigenvalue weighted by Gasteiger charge is 2.21. The van der Waals surface area contributed by atoms with Crippen LogP contribution in [0.25, 0.3) is 10.9 Å². The molecule has 1 aromatic carbocycles. The summed E-state index contributed by atoms with van der Waals surface area (Å²) in [6.45, 7) is 1.98. The van der Waals surface area contributed by atoms with Crippen LogP contribution < -0.4 is 5.32 Å². The zero-order valence-corrected chi connectivity index (χ0v) is 11.9. The summed E-state index contributed by atoms with van der Waals surface area (Å²) in [4.78, 5) is 27.7. The van der Waals surface area contributed by atoms with Crippen LogP contribution >= 0.6 is 0 Å². The minimum atomic E-state index is -1.00. The lowest BCUT2D eigenvalue weighted by Crippen LogP contribution is -2.40. The minimum Gasteiger partial charge on any atom is -0.480 e. The van der Waals surface area contributed by atoms with Crippen LogP contribution in [0.1, 0.15) is 36.5 Å². The van der Waals surface area contributed by atoms with Crippen molar-refractivity contribution in [3.05, 3.63) is 42.1 Å². The molecule has 0 saturated heterocycles. The molecular formula is C16H18N2O3. The summed E-state index contributed by atoms with van der Waals surface area (Å²) < 4.78 is 0. The highest BCUT2D eigenvalue weighted by Crippen LogP contribution is 2.16. The van der Waals surface area contributed by atoms with E-state index in [9.17, 15) is 14.7 Å². The van der Waals surface area contributed by atoms with Gasteiger partial charge in [0.05, 0.1) is 11.1 Å². The number of aliphatic carboxylic acids is 1. The van der Waals surface area contributed by atoms with E-state index in [1.54, 1.807) is 18.3 Å². The fourth-order valence-corrected chi connectivity index (χ4v) is 2.20. The third-order valence-corrected chi connectivity index (χ3v) is 3.34. The molecule has 0 aliphatic rings. The molecule has 21 heavy (non-hydrogen) atoms. The van der Waals surface area contributed by atoms with Gasteiger partial charge >= 0.3 is 5.97 Å². The molecule has 1 aromatic heterocycles. The van der Waals surface area contributed by atoms with E-state index in [0.29, 0.717) is 17.5 Å². The number of unbranched alkanes of at least 4 members (excludes halogenated alkanes) is 1. The number of rotatable bonds is 6. The van der Waals surface area contributed by atoms with Crippen molar-refractivity contribution in [1.29, 1.82) is 0 Å². The number of aromatic nitrogens is 1. The summed E-state index contributed by atoms with van der Waals surface area (Å²) >= 11 is 0. The molecule has 1 atom stereocenters. The number of hydrogen-bond acceptors (Lipinski definition) is 3. The Balaban J connectivity index is 2.23. The molecule has 0 spiro atoms. The van der Waals surface area contributed by atoms with Gasteiger partial charge in [-0.25, -0.2) is 4.79 Å². The number of carbonyl (C=O) groups is 2. The third-order valence-electron chi connectivity index (χ3n) is 3.34. The summed E-state index contributed by atoms with van der Waals surface area (Å²) in [6, 6.07) is 8.04. The standard InChI is InChI=1S/C16H18N2O3/c1-2-3-7-14(16(20)21)18-15(19)12-9-10-17-13-8-5-4-6-11(12)13/h4-6,8-10,14H,2-3,7H2,1H3,(H,18,19)(H,20,21). The Morgan fingerprint density at radius 2 is 2.05 bits per heavy atom. The van der Waals surface area contributed by atoms with Crippen molar-refractivity contribution in [3.8, 4) is 0 Å². The summed E-state index contributed by atoms with van der Waals surface area (Å²) in [5, 5.41) is 12.5. The van der Waals surface area contributed by atoms with Gasteiger partial charge in [0.2, 0.25) is 0 Å². The Morgan fingerprint density at radius 1 is 1.29 bits per heavy atom. The van der Waals surface area contributed by atoms with E-state index in [1.165, 1.54) is 0 Å². The number of benzene rings is 1. The Kier molecular flexibility index (Phi) is 4.87. The van der Waals surface area contributed by atoms with Gasteiger partial charge in [0.15, 0.2) is 0 Å². The van der Waals surface area contributed by atoms with E-state index < -0.39 is 12.0 Å². The van der Waals surface area contributed by atoms with E-state index in [0.717, 1.165) is 18.2 Å². The van der Waals surface area contributed by atoms with Gasteiger partial charge in [0.1, 0.15) is 6.04 Å². The predicted octanol–water partition coefficient (Wildman–Crippen LogP) is 2.61. The lowest BCUT2D eigenvalue weighted by Gasteiger charge is -2.14. The SMILES string of the molecule is CCCCC(NC(=O)c1ccnc2ccccc12)C(=O)O. The molecule has 5 heteroatoms. The third kappa shape index (κ3) is 3.56. The van der Waals surface area contributed by atoms with E-state index in [1.807, 2.05) is 25.1 Å². The van der Waals surface area contributed by atoms with Crippen LogP contribution in [0.2, 0.25) is 0 Å². The van der Waals surface area contributed by atoms with Gasteiger partial charge in [0.25, 0.3) is 5.91 Å². The van der Waals surface area contributed by atoms with Gasteiger partial charge < -0.3 is 10.4 Å². The average Bonchev–Trinajstić information content (AvgIpc) is 2.50. The van der Waals surface area contributed by atoms with Crippen molar-refractivity contribution in [2.24, 2.45) is 0 Å². The zero-order valence-electron chi connectivity index (χ0n) is 11.9. The number of para-hydroxylation sites is 1. The molecule has 110 valence electrons. The summed E-state index contributed by atoms with van der Waals surface area (Å²) in [6.07, 6.45) is 3.63. The number of carboxylic acids is 1. The first-order valence-corrected chi connectivity index (χ1v) is 7.01. The van der Waals surface area contributed by atoms with Gasteiger partial charge in [-0.15, -0.1) is 0 Å². The second-order valence-electron chi connectivity index (χ2n) is 4.88. The second kappa shape index (κ2) is 6.83. The first kappa shape index (κ1) is 15.0.